The quantitative estimate of drug-likeness (QED) is 0.478. The van der Waals surface area contributed by atoms with Crippen LogP contribution in [0, 0.1) is 5.92 Å². The molecular formula is C20H19F5N6O3S. The topological polar surface area (TPSA) is 120 Å². The predicted molar refractivity (Wildman–Crippen MR) is 112 cm³/mol. The summed E-state index contributed by atoms with van der Waals surface area (Å²) in [5.74, 6) is -5.87. The number of pyridine rings is 1. The van der Waals surface area contributed by atoms with E-state index in [0.29, 0.717) is 11.6 Å². The van der Waals surface area contributed by atoms with Gasteiger partial charge in [0, 0.05) is 25.7 Å². The summed E-state index contributed by atoms with van der Waals surface area (Å²) in [6.45, 7) is 1.45. The van der Waals surface area contributed by atoms with E-state index in [1.807, 2.05) is 0 Å². The van der Waals surface area contributed by atoms with E-state index in [-0.39, 0.29) is 51.7 Å². The number of imidazole rings is 1. The molecule has 4 rings (SSSR count). The molecule has 0 aliphatic heterocycles. The molecule has 1 aliphatic rings. The number of sulfone groups is 1. The van der Waals surface area contributed by atoms with Crippen LogP contribution in [0.15, 0.2) is 23.2 Å². The van der Waals surface area contributed by atoms with Gasteiger partial charge in [0.05, 0.1) is 10.6 Å². The molecule has 1 amide bonds. The number of nitrogens with one attached hydrogen (secondary N) is 1. The Labute approximate surface area is 195 Å². The molecule has 3 aromatic heterocycles. The van der Waals surface area contributed by atoms with Crippen LogP contribution in [-0.2, 0) is 34.1 Å². The first-order valence-electron chi connectivity index (χ1n) is 10.4. The summed E-state index contributed by atoms with van der Waals surface area (Å²) < 4.78 is 92.5. The average molecular weight is 518 g/mol. The Bertz CT molecular complexity index is 1420. The normalized spacial score (nSPS) is 14.9. The van der Waals surface area contributed by atoms with Gasteiger partial charge in [-0.15, -0.1) is 10.2 Å². The van der Waals surface area contributed by atoms with E-state index >= 15 is 0 Å². The molecule has 0 bridgehead atoms. The Balaban J connectivity index is 1.79. The van der Waals surface area contributed by atoms with E-state index < -0.39 is 27.6 Å². The van der Waals surface area contributed by atoms with Crippen molar-refractivity contribution in [3.05, 3.63) is 29.6 Å². The van der Waals surface area contributed by atoms with Gasteiger partial charge in [-0.2, -0.15) is 22.0 Å². The standard InChI is InChI=1S/C20H19F5N6O3S/c1-3-35(33,34)13-6-10(9-27-18(32)11-4-5-11)8-26-15(13)17-28-12-7-14(19(21,22)20(23,24)25)29-30-16(12)31(17)2/h6-8,11H,3-5,9H2,1-2H3,(H,27,32). The number of alkyl halides is 5. The molecule has 3 heterocycles. The van der Waals surface area contributed by atoms with E-state index in [1.54, 1.807) is 0 Å². The first-order chi connectivity index (χ1) is 16.3. The van der Waals surface area contributed by atoms with Gasteiger partial charge in [0.1, 0.15) is 16.9 Å². The highest BCUT2D eigenvalue weighted by atomic mass is 32.2. The second-order valence-corrected chi connectivity index (χ2v) is 10.3. The zero-order valence-corrected chi connectivity index (χ0v) is 19.2. The molecule has 1 aliphatic carbocycles. The lowest BCUT2D eigenvalue weighted by Gasteiger charge is -2.17. The molecule has 1 saturated carbocycles. The van der Waals surface area contributed by atoms with Gasteiger partial charge in [0.2, 0.25) is 5.91 Å². The highest BCUT2D eigenvalue weighted by molar-refractivity contribution is 7.91. The van der Waals surface area contributed by atoms with Gasteiger partial charge in [0.15, 0.2) is 21.3 Å². The number of fused-ring (bicyclic) bond motifs is 1. The lowest BCUT2D eigenvalue weighted by Crippen LogP contribution is -2.34. The number of hydrogen-bond donors (Lipinski definition) is 1. The fourth-order valence-electron chi connectivity index (χ4n) is 3.32. The van der Waals surface area contributed by atoms with Gasteiger partial charge in [-0.05, 0) is 30.5 Å². The molecule has 15 heteroatoms. The lowest BCUT2D eigenvalue weighted by atomic mass is 10.2. The molecule has 1 fully saturated rings. The van der Waals surface area contributed by atoms with E-state index in [1.165, 1.54) is 30.8 Å². The van der Waals surface area contributed by atoms with Gasteiger partial charge in [0.25, 0.3) is 0 Å². The third kappa shape index (κ3) is 4.56. The molecule has 9 nitrogen and oxygen atoms in total. The van der Waals surface area contributed by atoms with Crippen molar-refractivity contribution in [1.29, 1.82) is 0 Å². The van der Waals surface area contributed by atoms with Crippen LogP contribution in [0.2, 0.25) is 0 Å². The van der Waals surface area contributed by atoms with Crippen molar-refractivity contribution in [3.63, 3.8) is 0 Å². The Morgan fingerprint density at radius 1 is 1.17 bits per heavy atom. The van der Waals surface area contributed by atoms with Crippen molar-refractivity contribution in [2.45, 2.75) is 43.3 Å². The summed E-state index contributed by atoms with van der Waals surface area (Å²) >= 11 is 0. The third-order valence-electron chi connectivity index (χ3n) is 5.55. The van der Waals surface area contributed by atoms with Crippen LogP contribution < -0.4 is 5.32 Å². The summed E-state index contributed by atoms with van der Waals surface area (Å²) in [6, 6.07) is 1.78. The second kappa shape index (κ2) is 8.46. The Morgan fingerprint density at radius 2 is 1.86 bits per heavy atom. The van der Waals surface area contributed by atoms with E-state index in [0.717, 1.165) is 12.8 Å². The minimum absolute atomic E-state index is 0.0404. The molecule has 0 radical (unpaired) electrons. The molecule has 188 valence electrons. The number of halogens is 5. The maximum absolute atomic E-state index is 13.7. The largest absolute Gasteiger partial charge is 0.459 e. The van der Waals surface area contributed by atoms with Gasteiger partial charge in [-0.25, -0.2) is 13.4 Å². The van der Waals surface area contributed by atoms with Gasteiger partial charge < -0.3 is 9.88 Å². The zero-order valence-electron chi connectivity index (χ0n) is 18.4. The fourth-order valence-corrected chi connectivity index (χ4v) is 4.40. The summed E-state index contributed by atoms with van der Waals surface area (Å²) in [7, 11) is -2.51. The Morgan fingerprint density at radius 3 is 2.46 bits per heavy atom. The van der Waals surface area contributed by atoms with E-state index in [4.69, 9.17) is 0 Å². The lowest BCUT2D eigenvalue weighted by molar-refractivity contribution is -0.291. The van der Waals surface area contributed by atoms with Crippen molar-refractivity contribution >= 4 is 26.9 Å². The molecule has 0 aromatic carbocycles. The summed E-state index contributed by atoms with van der Waals surface area (Å²) in [6.07, 6.45) is -2.97. The third-order valence-corrected chi connectivity index (χ3v) is 7.29. The molecule has 0 atom stereocenters. The van der Waals surface area contributed by atoms with Crippen molar-refractivity contribution in [2.75, 3.05) is 5.75 Å². The molecule has 0 saturated heterocycles. The number of hydrogen-bond acceptors (Lipinski definition) is 7. The maximum Gasteiger partial charge on any atom is 0.459 e. The van der Waals surface area contributed by atoms with Crippen molar-refractivity contribution in [2.24, 2.45) is 13.0 Å². The monoisotopic (exact) mass is 518 g/mol. The van der Waals surface area contributed by atoms with E-state index in [9.17, 15) is 35.2 Å². The SMILES string of the molecule is CCS(=O)(=O)c1cc(CNC(=O)C2CC2)cnc1-c1nc2cc(C(F)(F)C(F)(F)F)nnc2n1C. The van der Waals surface area contributed by atoms with Crippen LogP contribution in [0.5, 0.6) is 0 Å². The number of amides is 1. The number of carbonyl (C=O) groups is 1. The van der Waals surface area contributed by atoms with Crippen molar-refractivity contribution < 1.29 is 35.2 Å². The van der Waals surface area contributed by atoms with Crippen LogP contribution in [0.4, 0.5) is 22.0 Å². The Hall–Kier alpha value is -3.23. The Kier molecular flexibility index (Phi) is 6.02. The minimum Gasteiger partial charge on any atom is -0.352 e. The van der Waals surface area contributed by atoms with Crippen molar-refractivity contribution in [3.8, 4) is 11.5 Å². The highest BCUT2D eigenvalue weighted by Gasteiger charge is 2.60. The molecule has 1 N–H and O–H groups in total. The number of aryl methyl sites for hydroxylation is 1. The zero-order chi connectivity index (χ0) is 25.8. The van der Waals surface area contributed by atoms with Crippen LogP contribution >= 0.6 is 0 Å². The summed E-state index contributed by atoms with van der Waals surface area (Å²) in [5, 5.41) is 9.17. The van der Waals surface area contributed by atoms with Crippen LogP contribution in [0.3, 0.4) is 0 Å². The number of rotatable bonds is 7. The number of carbonyl (C=O) groups excluding carboxylic acids is 1. The first kappa shape index (κ1) is 24.9. The number of aromatic nitrogens is 5. The molecule has 3 aromatic rings. The summed E-state index contributed by atoms with van der Waals surface area (Å²) in [4.78, 5) is 19.9. The highest BCUT2D eigenvalue weighted by Crippen LogP contribution is 2.43. The van der Waals surface area contributed by atoms with Crippen molar-refractivity contribution in [1.82, 2.24) is 30.0 Å². The fraction of sp³-hybridized carbons (Fsp3) is 0.450. The van der Waals surface area contributed by atoms with Crippen LogP contribution in [0.1, 0.15) is 31.0 Å². The number of nitrogens with zero attached hydrogens (tertiary/aromatic N) is 5. The predicted octanol–water partition coefficient (Wildman–Crippen LogP) is 2.90. The summed E-state index contributed by atoms with van der Waals surface area (Å²) in [5.41, 5.74) is -1.88. The van der Waals surface area contributed by atoms with Gasteiger partial charge in [-0.3, -0.25) is 9.78 Å². The van der Waals surface area contributed by atoms with E-state index in [2.05, 4.69) is 25.5 Å². The maximum atomic E-state index is 13.7. The molecule has 0 unspecified atom stereocenters. The van der Waals surface area contributed by atoms with Crippen LogP contribution in [-0.4, -0.2) is 51.0 Å². The first-order valence-corrected chi connectivity index (χ1v) is 12.1. The van der Waals surface area contributed by atoms with Crippen LogP contribution in [0.25, 0.3) is 22.7 Å². The molecular weight excluding hydrogens is 499 g/mol. The van der Waals surface area contributed by atoms with Gasteiger partial charge >= 0.3 is 12.1 Å². The molecule has 0 spiro atoms. The minimum atomic E-state index is -5.89. The average Bonchev–Trinajstić information content (AvgIpc) is 3.60. The second-order valence-electron chi connectivity index (χ2n) is 8.09. The molecule has 35 heavy (non-hydrogen) atoms. The van der Waals surface area contributed by atoms with Gasteiger partial charge in [-0.1, -0.05) is 6.92 Å². The smallest absolute Gasteiger partial charge is 0.352 e.